The zero-order valence-electron chi connectivity index (χ0n) is 14.7. The molecule has 6 unspecified atom stereocenters. The first-order valence-electron chi connectivity index (χ1n) is 10.4. The zero-order valence-corrected chi connectivity index (χ0v) is 16.3. The highest BCUT2D eigenvalue weighted by Crippen LogP contribution is 2.53. The van der Waals surface area contributed by atoms with E-state index in [2.05, 4.69) is 22.9 Å². The van der Waals surface area contributed by atoms with Crippen LogP contribution in [0.2, 0.25) is 0 Å². The Morgan fingerprint density at radius 2 is 1.41 bits per heavy atom. The van der Waals surface area contributed by atoms with Crippen LogP contribution in [-0.4, -0.2) is 4.83 Å². The number of fused-ring (bicyclic) bond motifs is 3. The monoisotopic (exact) mass is 368 g/mol. The van der Waals surface area contributed by atoms with Crippen LogP contribution in [0, 0.1) is 29.6 Å². The summed E-state index contributed by atoms with van der Waals surface area (Å²) in [6.07, 6.45) is 21.2. The van der Waals surface area contributed by atoms with E-state index in [-0.39, 0.29) is 0 Å². The van der Waals surface area contributed by atoms with E-state index in [4.69, 9.17) is 0 Å². The predicted molar refractivity (Wildman–Crippen MR) is 100 cm³/mol. The van der Waals surface area contributed by atoms with Gasteiger partial charge in [-0.1, -0.05) is 67.8 Å². The molecular formula is C21H37Br. The molecule has 3 aliphatic rings. The largest absolute Gasteiger partial charge is 0.0891 e. The minimum Gasteiger partial charge on any atom is -0.0891 e. The van der Waals surface area contributed by atoms with Crippen LogP contribution in [0.3, 0.4) is 0 Å². The van der Waals surface area contributed by atoms with Crippen molar-refractivity contribution >= 4 is 15.9 Å². The summed E-state index contributed by atoms with van der Waals surface area (Å²) in [4.78, 5) is 0.838. The Morgan fingerprint density at radius 3 is 2.18 bits per heavy atom. The number of hydrogen-bond acceptors (Lipinski definition) is 0. The first kappa shape index (κ1) is 17.3. The van der Waals surface area contributed by atoms with Crippen LogP contribution in [-0.2, 0) is 0 Å². The molecule has 0 saturated heterocycles. The average molecular weight is 369 g/mol. The fourth-order valence-electron chi connectivity index (χ4n) is 6.13. The predicted octanol–water partition coefficient (Wildman–Crippen LogP) is 7.35. The van der Waals surface area contributed by atoms with Gasteiger partial charge in [-0.15, -0.1) is 0 Å². The molecule has 0 aromatic heterocycles. The third-order valence-electron chi connectivity index (χ3n) is 7.30. The molecule has 0 nitrogen and oxygen atoms in total. The molecule has 3 rings (SSSR count). The lowest BCUT2D eigenvalue weighted by Gasteiger charge is -2.50. The quantitative estimate of drug-likeness (QED) is 0.339. The number of alkyl halides is 1. The maximum atomic E-state index is 3.89. The highest BCUT2D eigenvalue weighted by Gasteiger charge is 2.43. The summed E-state index contributed by atoms with van der Waals surface area (Å²) >= 11 is 3.89. The number of rotatable bonds is 6. The Kier molecular flexibility index (Phi) is 6.72. The van der Waals surface area contributed by atoms with Crippen molar-refractivity contribution in [3.05, 3.63) is 0 Å². The van der Waals surface area contributed by atoms with Gasteiger partial charge in [-0.3, -0.25) is 0 Å². The van der Waals surface area contributed by atoms with Crippen molar-refractivity contribution in [2.75, 3.05) is 0 Å². The molecule has 0 aromatic carbocycles. The topological polar surface area (TPSA) is 0 Å². The van der Waals surface area contributed by atoms with Gasteiger partial charge in [0.2, 0.25) is 0 Å². The maximum Gasteiger partial charge on any atom is 0.0148 e. The van der Waals surface area contributed by atoms with Crippen molar-refractivity contribution in [3.8, 4) is 0 Å². The molecule has 0 bridgehead atoms. The maximum absolute atomic E-state index is 3.89. The van der Waals surface area contributed by atoms with E-state index in [1.807, 2.05) is 0 Å². The van der Waals surface area contributed by atoms with E-state index in [1.165, 1.54) is 51.4 Å². The summed E-state index contributed by atoms with van der Waals surface area (Å²) in [5.41, 5.74) is 0. The van der Waals surface area contributed by atoms with Gasteiger partial charge in [0.1, 0.15) is 0 Å². The molecule has 3 fully saturated rings. The van der Waals surface area contributed by atoms with E-state index in [0.29, 0.717) is 0 Å². The lowest BCUT2D eigenvalue weighted by Crippen LogP contribution is -2.41. The first-order valence-corrected chi connectivity index (χ1v) is 11.3. The third kappa shape index (κ3) is 4.31. The molecule has 0 spiro atoms. The summed E-state index contributed by atoms with van der Waals surface area (Å²) in [5.74, 6) is 5.51. The Labute approximate surface area is 147 Å². The molecule has 3 saturated carbocycles. The molecule has 6 atom stereocenters. The van der Waals surface area contributed by atoms with Crippen LogP contribution in [0.25, 0.3) is 0 Å². The molecule has 128 valence electrons. The van der Waals surface area contributed by atoms with E-state index in [1.54, 1.807) is 38.5 Å². The zero-order chi connectivity index (χ0) is 15.4. The summed E-state index contributed by atoms with van der Waals surface area (Å²) in [7, 11) is 0. The van der Waals surface area contributed by atoms with Crippen molar-refractivity contribution in [2.45, 2.75) is 102 Å². The van der Waals surface area contributed by atoms with Crippen molar-refractivity contribution in [2.24, 2.45) is 29.6 Å². The molecule has 0 N–H and O–H groups in total. The molecule has 3 aliphatic carbocycles. The van der Waals surface area contributed by atoms with Gasteiger partial charge in [-0.2, -0.15) is 0 Å². The van der Waals surface area contributed by atoms with E-state index < -0.39 is 0 Å². The SMILES string of the molecule is CCCCCCCC1CCC2C(CCC3CC(Br)CCC32)C1. The second kappa shape index (κ2) is 8.54. The first-order chi connectivity index (χ1) is 10.8. The van der Waals surface area contributed by atoms with Gasteiger partial charge in [0.05, 0.1) is 0 Å². The van der Waals surface area contributed by atoms with Crippen molar-refractivity contribution in [3.63, 3.8) is 0 Å². The van der Waals surface area contributed by atoms with Crippen LogP contribution in [0.4, 0.5) is 0 Å². The van der Waals surface area contributed by atoms with Crippen molar-refractivity contribution in [1.29, 1.82) is 0 Å². The average Bonchev–Trinajstić information content (AvgIpc) is 2.54. The summed E-state index contributed by atoms with van der Waals surface area (Å²) in [6.45, 7) is 2.32. The normalized spacial score (nSPS) is 41.7. The summed E-state index contributed by atoms with van der Waals surface area (Å²) < 4.78 is 0. The van der Waals surface area contributed by atoms with Gasteiger partial charge in [0.15, 0.2) is 0 Å². The van der Waals surface area contributed by atoms with Gasteiger partial charge in [-0.05, 0) is 74.5 Å². The van der Waals surface area contributed by atoms with Crippen LogP contribution in [0.15, 0.2) is 0 Å². The van der Waals surface area contributed by atoms with Gasteiger partial charge in [-0.25, -0.2) is 0 Å². The standard InChI is InChI=1S/C21H37Br/c1-2-3-4-5-6-7-16-8-12-20-17(14-16)9-10-18-15-19(22)11-13-21(18)20/h16-21H,2-15H2,1H3. The van der Waals surface area contributed by atoms with Crippen LogP contribution in [0.1, 0.15) is 96.8 Å². The minimum absolute atomic E-state index is 0.838. The minimum atomic E-state index is 0.838. The highest BCUT2D eigenvalue weighted by atomic mass is 79.9. The van der Waals surface area contributed by atoms with Crippen molar-refractivity contribution < 1.29 is 0 Å². The summed E-state index contributed by atoms with van der Waals surface area (Å²) in [5, 5.41) is 0. The Balaban J connectivity index is 1.43. The number of hydrogen-bond donors (Lipinski definition) is 0. The summed E-state index contributed by atoms with van der Waals surface area (Å²) in [6, 6.07) is 0. The van der Waals surface area contributed by atoms with Crippen LogP contribution < -0.4 is 0 Å². The van der Waals surface area contributed by atoms with E-state index >= 15 is 0 Å². The molecule has 22 heavy (non-hydrogen) atoms. The van der Waals surface area contributed by atoms with Gasteiger partial charge in [0.25, 0.3) is 0 Å². The van der Waals surface area contributed by atoms with E-state index in [9.17, 15) is 0 Å². The van der Waals surface area contributed by atoms with Crippen LogP contribution in [0.5, 0.6) is 0 Å². The molecule has 0 aromatic rings. The van der Waals surface area contributed by atoms with Crippen LogP contribution >= 0.6 is 15.9 Å². The molecule has 0 aliphatic heterocycles. The van der Waals surface area contributed by atoms with Gasteiger partial charge in [0, 0.05) is 4.83 Å². The van der Waals surface area contributed by atoms with Gasteiger partial charge >= 0.3 is 0 Å². The molecule has 0 heterocycles. The fourth-order valence-corrected chi connectivity index (χ4v) is 6.88. The van der Waals surface area contributed by atoms with E-state index in [0.717, 1.165) is 34.4 Å². The molecular weight excluding hydrogens is 332 g/mol. The smallest absolute Gasteiger partial charge is 0.0148 e. The third-order valence-corrected chi connectivity index (χ3v) is 8.13. The van der Waals surface area contributed by atoms with Crippen molar-refractivity contribution in [1.82, 2.24) is 0 Å². The molecule has 0 radical (unpaired) electrons. The lowest BCUT2D eigenvalue weighted by atomic mass is 9.56. The number of halogens is 1. The fraction of sp³-hybridized carbons (Fsp3) is 1.00. The highest BCUT2D eigenvalue weighted by molar-refractivity contribution is 9.09. The second-order valence-electron chi connectivity index (χ2n) is 8.72. The second-order valence-corrected chi connectivity index (χ2v) is 10.0. The lowest BCUT2D eigenvalue weighted by molar-refractivity contribution is 0.0119. The van der Waals surface area contributed by atoms with Gasteiger partial charge < -0.3 is 0 Å². The number of unbranched alkanes of at least 4 members (excludes halogenated alkanes) is 4. The Bertz CT molecular complexity index is 326. The molecule has 0 amide bonds. The Hall–Kier alpha value is 0.480. The Morgan fingerprint density at radius 1 is 0.727 bits per heavy atom. The molecule has 1 heteroatoms.